The van der Waals surface area contributed by atoms with Crippen LogP contribution < -0.4 is 0 Å². The summed E-state index contributed by atoms with van der Waals surface area (Å²) in [6.07, 6.45) is 0.594. The molecule has 4 nitrogen and oxygen atoms in total. The molecular formula is C20H19Cl2NO3. The predicted octanol–water partition coefficient (Wildman–Crippen LogP) is 5.44. The molecule has 0 fully saturated rings. The van der Waals surface area contributed by atoms with Crippen molar-refractivity contribution in [3.63, 3.8) is 0 Å². The Morgan fingerprint density at radius 2 is 1.92 bits per heavy atom. The number of halogens is 2. The first-order valence-corrected chi connectivity index (χ1v) is 9.17. The number of aromatic hydroxyl groups is 1. The topological polar surface area (TPSA) is 51.5 Å². The van der Waals surface area contributed by atoms with E-state index in [-0.39, 0.29) is 12.4 Å². The van der Waals surface area contributed by atoms with Crippen molar-refractivity contribution in [3.05, 3.63) is 63.3 Å². The van der Waals surface area contributed by atoms with Crippen LogP contribution in [0.25, 0.3) is 10.9 Å². The lowest BCUT2D eigenvalue weighted by Crippen LogP contribution is -2.14. The summed E-state index contributed by atoms with van der Waals surface area (Å²) >= 11 is 12.1. The third kappa shape index (κ3) is 3.27. The van der Waals surface area contributed by atoms with E-state index in [1.165, 1.54) is 0 Å². The maximum absolute atomic E-state index is 12.7. The van der Waals surface area contributed by atoms with Crippen LogP contribution in [-0.2, 0) is 17.7 Å². The second kappa shape index (κ2) is 7.60. The van der Waals surface area contributed by atoms with Crippen LogP contribution in [0.3, 0.4) is 0 Å². The maximum atomic E-state index is 12.7. The SMILES string of the molecule is CCOC(=O)c1c(CC)c2c(O)cccc2n1Cc1ccc(Cl)c(Cl)c1. The molecule has 3 aromatic rings. The second-order valence-corrected chi connectivity index (χ2v) is 6.72. The number of phenolic OH excluding ortho intramolecular Hbond substituents is 1. The lowest BCUT2D eigenvalue weighted by Gasteiger charge is -2.12. The highest BCUT2D eigenvalue weighted by atomic mass is 35.5. The van der Waals surface area contributed by atoms with Gasteiger partial charge in [-0.15, -0.1) is 0 Å². The normalized spacial score (nSPS) is 11.1. The van der Waals surface area contributed by atoms with Gasteiger partial charge in [0, 0.05) is 11.9 Å². The number of esters is 1. The number of ether oxygens (including phenoxy) is 1. The maximum Gasteiger partial charge on any atom is 0.355 e. The van der Waals surface area contributed by atoms with E-state index in [0.717, 1.165) is 16.6 Å². The van der Waals surface area contributed by atoms with E-state index < -0.39 is 5.97 Å². The van der Waals surface area contributed by atoms with E-state index >= 15 is 0 Å². The number of carbonyl (C=O) groups excluding carboxylic acids is 1. The number of phenols is 1. The van der Waals surface area contributed by atoms with Gasteiger partial charge in [0.05, 0.1) is 22.2 Å². The quantitative estimate of drug-likeness (QED) is 0.588. The summed E-state index contributed by atoms with van der Waals surface area (Å²) in [5.74, 6) is -0.252. The predicted molar refractivity (Wildman–Crippen MR) is 105 cm³/mol. The zero-order valence-electron chi connectivity index (χ0n) is 14.6. The highest BCUT2D eigenvalue weighted by Crippen LogP contribution is 2.35. The van der Waals surface area contributed by atoms with Gasteiger partial charge in [-0.25, -0.2) is 4.79 Å². The van der Waals surface area contributed by atoms with Crippen molar-refractivity contribution in [3.8, 4) is 5.75 Å². The van der Waals surface area contributed by atoms with E-state index in [4.69, 9.17) is 27.9 Å². The van der Waals surface area contributed by atoms with Gasteiger partial charge >= 0.3 is 5.97 Å². The summed E-state index contributed by atoms with van der Waals surface area (Å²) in [6.45, 7) is 4.41. The smallest absolute Gasteiger partial charge is 0.355 e. The molecule has 1 N–H and O–H groups in total. The molecule has 136 valence electrons. The number of rotatable bonds is 5. The molecule has 2 aromatic carbocycles. The second-order valence-electron chi connectivity index (χ2n) is 5.91. The molecule has 6 heteroatoms. The number of aryl methyl sites for hydroxylation is 1. The van der Waals surface area contributed by atoms with Crippen LogP contribution in [-0.4, -0.2) is 22.2 Å². The Kier molecular flexibility index (Phi) is 5.44. The lowest BCUT2D eigenvalue weighted by atomic mass is 10.1. The Labute approximate surface area is 161 Å². The van der Waals surface area contributed by atoms with Crippen molar-refractivity contribution in [2.75, 3.05) is 6.61 Å². The Morgan fingerprint density at radius 3 is 2.58 bits per heavy atom. The summed E-state index contributed by atoms with van der Waals surface area (Å²) < 4.78 is 7.14. The summed E-state index contributed by atoms with van der Waals surface area (Å²) in [6, 6.07) is 10.6. The molecule has 0 aliphatic carbocycles. The van der Waals surface area contributed by atoms with Crippen LogP contribution in [0.15, 0.2) is 36.4 Å². The standard InChI is InChI=1S/C20H19Cl2NO3/c1-3-13-18-16(6-5-7-17(18)24)23(19(13)20(25)26-4-2)11-12-8-9-14(21)15(22)10-12/h5-10,24H,3-4,11H2,1-2H3. The van der Waals surface area contributed by atoms with Gasteiger partial charge in [0.2, 0.25) is 0 Å². The Hall–Kier alpha value is -2.17. The monoisotopic (exact) mass is 391 g/mol. The fourth-order valence-corrected chi connectivity index (χ4v) is 3.55. The highest BCUT2D eigenvalue weighted by Gasteiger charge is 2.24. The van der Waals surface area contributed by atoms with E-state index in [2.05, 4.69) is 0 Å². The van der Waals surface area contributed by atoms with Gasteiger partial charge in [0.25, 0.3) is 0 Å². The average molecular weight is 392 g/mol. The van der Waals surface area contributed by atoms with Gasteiger partial charge < -0.3 is 14.4 Å². The number of aromatic nitrogens is 1. The van der Waals surface area contributed by atoms with Gasteiger partial charge in [0.1, 0.15) is 11.4 Å². The van der Waals surface area contributed by atoms with E-state index in [1.807, 2.05) is 23.6 Å². The van der Waals surface area contributed by atoms with Crippen molar-refractivity contribution in [1.82, 2.24) is 4.57 Å². The molecule has 0 unspecified atom stereocenters. The molecule has 0 bridgehead atoms. The van der Waals surface area contributed by atoms with E-state index in [1.54, 1.807) is 31.2 Å². The van der Waals surface area contributed by atoms with Crippen molar-refractivity contribution in [1.29, 1.82) is 0 Å². The van der Waals surface area contributed by atoms with Crippen molar-refractivity contribution < 1.29 is 14.6 Å². The summed E-state index contributed by atoms with van der Waals surface area (Å²) in [5, 5.41) is 12.0. The average Bonchev–Trinajstić information content (AvgIpc) is 2.93. The number of hydrogen-bond donors (Lipinski definition) is 1. The minimum atomic E-state index is -0.403. The number of carbonyl (C=O) groups is 1. The molecule has 0 spiro atoms. The minimum Gasteiger partial charge on any atom is -0.507 e. The molecule has 0 aliphatic heterocycles. The number of benzene rings is 2. The zero-order chi connectivity index (χ0) is 18.8. The first-order chi connectivity index (χ1) is 12.5. The van der Waals surface area contributed by atoms with Gasteiger partial charge in [-0.2, -0.15) is 0 Å². The van der Waals surface area contributed by atoms with Gasteiger partial charge in [-0.05, 0) is 48.7 Å². The first kappa shape index (κ1) is 18.6. The summed E-state index contributed by atoms with van der Waals surface area (Å²) in [5.41, 5.74) is 2.90. The van der Waals surface area contributed by atoms with Crippen LogP contribution >= 0.6 is 23.2 Å². The molecule has 1 aromatic heterocycles. The number of hydrogen-bond acceptors (Lipinski definition) is 3. The molecule has 0 saturated heterocycles. The fourth-order valence-electron chi connectivity index (χ4n) is 3.23. The largest absolute Gasteiger partial charge is 0.507 e. The van der Waals surface area contributed by atoms with Crippen LogP contribution in [0.1, 0.15) is 35.5 Å². The molecule has 3 rings (SSSR count). The minimum absolute atomic E-state index is 0.151. The zero-order valence-corrected chi connectivity index (χ0v) is 16.1. The highest BCUT2D eigenvalue weighted by molar-refractivity contribution is 6.42. The number of nitrogens with zero attached hydrogens (tertiary/aromatic N) is 1. The molecular weight excluding hydrogens is 373 g/mol. The molecule has 0 saturated carbocycles. The van der Waals surface area contributed by atoms with Crippen molar-refractivity contribution in [2.24, 2.45) is 0 Å². The van der Waals surface area contributed by atoms with Gasteiger partial charge in [-0.3, -0.25) is 0 Å². The molecule has 26 heavy (non-hydrogen) atoms. The van der Waals surface area contributed by atoms with E-state index in [0.29, 0.717) is 34.1 Å². The molecule has 0 aliphatic rings. The van der Waals surface area contributed by atoms with Crippen molar-refractivity contribution in [2.45, 2.75) is 26.8 Å². The molecule has 0 radical (unpaired) electrons. The third-order valence-electron chi connectivity index (χ3n) is 4.32. The fraction of sp³-hybridized carbons (Fsp3) is 0.250. The van der Waals surface area contributed by atoms with Gasteiger partial charge in [0.15, 0.2) is 0 Å². The summed E-state index contributed by atoms with van der Waals surface area (Å²) in [4.78, 5) is 12.7. The van der Waals surface area contributed by atoms with Crippen molar-refractivity contribution >= 4 is 40.1 Å². The van der Waals surface area contributed by atoms with Gasteiger partial charge in [-0.1, -0.05) is 42.3 Å². The molecule has 0 atom stereocenters. The lowest BCUT2D eigenvalue weighted by molar-refractivity contribution is 0.0513. The number of fused-ring (bicyclic) bond motifs is 1. The van der Waals surface area contributed by atoms with Crippen LogP contribution in [0.2, 0.25) is 10.0 Å². The first-order valence-electron chi connectivity index (χ1n) is 8.42. The van der Waals surface area contributed by atoms with Crippen LogP contribution in [0.5, 0.6) is 5.75 Å². The Morgan fingerprint density at radius 1 is 1.15 bits per heavy atom. The van der Waals surface area contributed by atoms with Crippen LogP contribution in [0.4, 0.5) is 0 Å². The summed E-state index contributed by atoms with van der Waals surface area (Å²) in [7, 11) is 0. The Bertz CT molecular complexity index is 979. The molecule has 1 heterocycles. The third-order valence-corrected chi connectivity index (χ3v) is 5.05. The molecule has 0 amide bonds. The Balaban J connectivity index is 2.24. The van der Waals surface area contributed by atoms with E-state index in [9.17, 15) is 9.90 Å². The van der Waals surface area contributed by atoms with Crippen LogP contribution in [0, 0.1) is 0 Å².